The number of aliphatic hydroxyl groups excluding tert-OH is 2. The zero-order valence-electron chi connectivity index (χ0n) is 24.3. The number of ether oxygens (including phenoxy) is 1. The lowest BCUT2D eigenvalue weighted by Crippen LogP contribution is -2.40. The van der Waals surface area contributed by atoms with Crippen molar-refractivity contribution in [1.82, 2.24) is 4.98 Å². The second kappa shape index (κ2) is 13.1. The van der Waals surface area contributed by atoms with Crippen LogP contribution in [0.1, 0.15) is 75.9 Å². The van der Waals surface area contributed by atoms with Crippen molar-refractivity contribution in [2.24, 2.45) is 0 Å². The smallest absolute Gasteiger partial charge is 0.308 e. The van der Waals surface area contributed by atoms with Crippen LogP contribution in [0.3, 0.4) is 0 Å². The first kappa shape index (κ1) is 31.8. The highest BCUT2D eigenvalue weighted by Gasteiger charge is 2.37. The highest BCUT2D eigenvalue weighted by atomic mass is 28.4. The molecule has 38 heavy (non-hydrogen) atoms. The van der Waals surface area contributed by atoms with Crippen molar-refractivity contribution in [3.05, 3.63) is 58.7 Å². The molecule has 1 aromatic carbocycles. The Morgan fingerprint density at radius 1 is 1.16 bits per heavy atom. The van der Waals surface area contributed by atoms with Crippen LogP contribution < -0.4 is 0 Å². The van der Waals surface area contributed by atoms with Gasteiger partial charge in [-0.15, -0.1) is 0 Å². The fourth-order valence-corrected chi connectivity index (χ4v) is 4.84. The summed E-state index contributed by atoms with van der Waals surface area (Å²) in [4.78, 5) is 16.4. The Balaban J connectivity index is 2.63. The number of aromatic nitrogens is 1. The van der Waals surface area contributed by atoms with Crippen molar-refractivity contribution in [2.75, 3.05) is 7.11 Å². The summed E-state index contributed by atoms with van der Waals surface area (Å²) < 4.78 is 25.1. The average molecular weight is 546 g/mol. The number of nitrogens with zero attached hydrogens (tertiary/aromatic N) is 1. The predicted molar refractivity (Wildman–Crippen MR) is 153 cm³/mol. The molecule has 0 saturated heterocycles. The van der Waals surface area contributed by atoms with Crippen LogP contribution in [0, 0.1) is 12.7 Å². The summed E-state index contributed by atoms with van der Waals surface area (Å²) in [5.41, 5.74) is 5.14. The highest BCUT2D eigenvalue weighted by Crippen LogP contribution is 2.40. The molecule has 0 radical (unpaired) electrons. The monoisotopic (exact) mass is 545 g/mol. The number of carbonyl (C=O) groups is 1. The Kier molecular flexibility index (Phi) is 11.0. The molecular formula is C30H44FNO5Si. The summed E-state index contributed by atoms with van der Waals surface area (Å²) in [6.07, 6.45) is 1.17. The second-order valence-corrected chi connectivity index (χ2v) is 16.5. The number of halogens is 1. The summed E-state index contributed by atoms with van der Waals surface area (Å²) in [7, 11) is -0.823. The summed E-state index contributed by atoms with van der Waals surface area (Å²) in [5, 5.41) is 20.8. The van der Waals surface area contributed by atoms with Crippen molar-refractivity contribution >= 4 is 20.4 Å². The molecule has 210 valence electrons. The quantitative estimate of drug-likeness (QED) is 0.247. The van der Waals surface area contributed by atoms with E-state index in [1.807, 2.05) is 13.0 Å². The van der Waals surface area contributed by atoms with Crippen molar-refractivity contribution in [2.45, 2.75) is 97.2 Å². The standard InChI is InChI=1S/C30H44FNO5Si/c1-19(2)29-25(15-14-23(33)16-24(34)17-27(35)36-7)28(21-10-12-22(31)13-11-21)26(20(3)32-29)18-37-38(8,9)30(4,5)6/h10-15,19,23-24,33-34H,16-18H2,1-9H3. The van der Waals surface area contributed by atoms with Gasteiger partial charge in [-0.1, -0.05) is 58.9 Å². The van der Waals surface area contributed by atoms with Crippen molar-refractivity contribution in [3.8, 4) is 11.1 Å². The summed E-state index contributed by atoms with van der Waals surface area (Å²) in [6.45, 7) is 17.4. The number of methoxy groups -OCH3 is 1. The SMILES string of the molecule is COC(=O)CC(O)CC(O)C=Cc1c(C(C)C)nc(C)c(CO[Si](C)(C)C(C)(C)C)c1-c1ccc(F)cc1. The minimum absolute atomic E-state index is 0.0187. The third-order valence-electron chi connectivity index (χ3n) is 7.26. The van der Waals surface area contributed by atoms with E-state index in [1.165, 1.54) is 19.2 Å². The number of hydrogen-bond donors (Lipinski definition) is 2. The Morgan fingerprint density at radius 2 is 1.76 bits per heavy atom. The van der Waals surface area contributed by atoms with Gasteiger partial charge in [0.05, 0.1) is 38.0 Å². The van der Waals surface area contributed by atoms with Gasteiger partial charge in [0.2, 0.25) is 0 Å². The van der Waals surface area contributed by atoms with Crippen LogP contribution in [0.5, 0.6) is 0 Å². The topological polar surface area (TPSA) is 88.9 Å². The van der Waals surface area contributed by atoms with Gasteiger partial charge in [0.15, 0.2) is 8.32 Å². The van der Waals surface area contributed by atoms with Crippen LogP contribution in [0.4, 0.5) is 4.39 Å². The van der Waals surface area contributed by atoms with E-state index in [-0.39, 0.29) is 29.6 Å². The molecule has 0 aliphatic rings. The molecule has 0 aliphatic heterocycles. The maximum Gasteiger partial charge on any atom is 0.308 e. The van der Waals surface area contributed by atoms with Crippen LogP contribution in [0.25, 0.3) is 17.2 Å². The maximum absolute atomic E-state index is 13.9. The molecule has 2 aromatic rings. The minimum atomic E-state index is -2.08. The molecule has 1 aromatic heterocycles. The molecule has 2 atom stereocenters. The van der Waals surface area contributed by atoms with Crippen molar-refractivity contribution in [1.29, 1.82) is 0 Å². The predicted octanol–water partition coefficient (Wildman–Crippen LogP) is 6.53. The lowest BCUT2D eigenvalue weighted by molar-refractivity contribution is -0.143. The molecule has 0 spiro atoms. The third-order valence-corrected chi connectivity index (χ3v) is 11.7. The maximum atomic E-state index is 13.9. The Hall–Kier alpha value is -2.39. The van der Waals surface area contributed by atoms with E-state index < -0.39 is 26.5 Å². The molecule has 2 N–H and O–H groups in total. The van der Waals surface area contributed by atoms with Gasteiger partial charge >= 0.3 is 5.97 Å². The number of benzene rings is 1. The zero-order chi connectivity index (χ0) is 28.8. The van der Waals surface area contributed by atoms with Gasteiger partial charge in [-0.2, -0.15) is 0 Å². The van der Waals surface area contributed by atoms with Crippen molar-refractivity contribution in [3.63, 3.8) is 0 Å². The van der Waals surface area contributed by atoms with Crippen LogP contribution in [0.2, 0.25) is 18.1 Å². The second-order valence-electron chi connectivity index (χ2n) is 11.7. The van der Waals surface area contributed by atoms with Crippen LogP contribution in [-0.2, 0) is 20.6 Å². The Bertz CT molecular complexity index is 1120. The Morgan fingerprint density at radius 3 is 2.29 bits per heavy atom. The molecule has 8 heteroatoms. The molecule has 1 heterocycles. The van der Waals surface area contributed by atoms with E-state index in [0.29, 0.717) is 6.61 Å². The lowest BCUT2D eigenvalue weighted by Gasteiger charge is -2.36. The molecular weight excluding hydrogens is 501 g/mol. The number of carbonyl (C=O) groups excluding carboxylic acids is 1. The lowest BCUT2D eigenvalue weighted by atomic mass is 9.89. The first-order valence-corrected chi connectivity index (χ1v) is 16.0. The third kappa shape index (κ3) is 8.30. The van der Waals surface area contributed by atoms with Crippen molar-refractivity contribution < 1.29 is 28.6 Å². The van der Waals surface area contributed by atoms with Gasteiger partial charge in [-0.3, -0.25) is 9.78 Å². The number of hydrogen-bond acceptors (Lipinski definition) is 6. The summed E-state index contributed by atoms with van der Waals surface area (Å²) in [5.74, 6) is -0.789. The summed E-state index contributed by atoms with van der Waals surface area (Å²) in [6, 6.07) is 6.37. The normalized spacial score (nSPS) is 14.2. The molecule has 6 nitrogen and oxygen atoms in total. The van der Waals surface area contributed by atoms with Gasteiger partial charge < -0.3 is 19.4 Å². The molecule has 2 rings (SSSR count). The fourth-order valence-electron chi connectivity index (χ4n) is 3.90. The first-order chi connectivity index (χ1) is 17.6. The summed E-state index contributed by atoms with van der Waals surface area (Å²) >= 11 is 0. The number of esters is 1. The zero-order valence-corrected chi connectivity index (χ0v) is 25.3. The fraction of sp³-hybridized carbons (Fsp3) is 0.533. The number of aryl methyl sites for hydroxylation is 1. The van der Waals surface area contributed by atoms with Crippen LogP contribution >= 0.6 is 0 Å². The molecule has 0 amide bonds. The van der Waals surface area contributed by atoms with E-state index in [0.717, 1.165) is 33.6 Å². The van der Waals surface area contributed by atoms with Gasteiger partial charge in [-0.05, 0) is 54.2 Å². The molecule has 0 saturated carbocycles. The molecule has 2 unspecified atom stereocenters. The average Bonchev–Trinajstić information content (AvgIpc) is 2.81. The molecule has 0 bridgehead atoms. The molecule has 0 aliphatic carbocycles. The van der Waals surface area contributed by atoms with Gasteiger partial charge in [0.1, 0.15) is 5.82 Å². The number of rotatable bonds is 11. The van der Waals surface area contributed by atoms with E-state index in [2.05, 4.69) is 52.4 Å². The van der Waals surface area contributed by atoms with E-state index >= 15 is 0 Å². The number of pyridine rings is 1. The number of aliphatic hydroxyl groups is 2. The Labute approximate surface area is 228 Å². The largest absolute Gasteiger partial charge is 0.469 e. The van der Waals surface area contributed by atoms with Gasteiger partial charge in [-0.25, -0.2) is 4.39 Å². The van der Waals surface area contributed by atoms with E-state index in [4.69, 9.17) is 9.41 Å². The van der Waals surface area contributed by atoms with E-state index in [9.17, 15) is 19.4 Å². The van der Waals surface area contributed by atoms with Crippen LogP contribution in [-0.4, -0.2) is 48.8 Å². The first-order valence-electron chi connectivity index (χ1n) is 13.1. The minimum Gasteiger partial charge on any atom is -0.469 e. The van der Waals surface area contributed by atoms with Gasteiger partial charge in [0.25, 0.3) is 0 Å². The van der Waals surface area contributed by atoms with E-state index in [1.54, 1.807) is 18.2 Å². The molecule has 0 fully saturated rings. The van der Waals surface area contributed by atoms with Crippen LogP contribution in [0.15, 0.2) is 30.3 Å². The highest BCUT2D eigenvalue weighted by molar-refractivity contribution is 6.74. The van der Waals surface area contributed by atoms with Gasteiger partial charge in [0, 0.05) is 23.2 Å².